The van der Waals surface area contributed by atoms with E-state index in [1.165, 1.54) is 13.3 Å². The van der Waals surface area contributed by atoms with Gasteiger partial charge in [-0.3, -0.25) is 4.79 Å². The zero-order valence-corrected chi connectivity index (χ0v) is 15.3. The lowest BCUT2D eigenvalue weighted by molar-refractivity contribution is -0.145. The van der Waals surface area contributed by atoms with Crippen LogP contribution in [0.2, 0.25) is 0 Å². The van der Waals surface area contributed by atoms with Gasteiger partial charge in [0.2, 0.25) is 5.91 Å². The van der Waals surface area contributed by atoms with E-state index in [0.29, 0.717) is 17.1 Å². The van der Waals surface area contributed by atoms with Gasteiger partial charge < -0.3 is 14.2 Å². The molecule has 7 heteroatoms. The Balaban J connectivity index is 1.95. The molecule has 142 valence electrons. The predicted octanol–water partition coefficient (Wildman–Crippen LogP) is 2.33. The smallest absolute Gasteiger partial charge is 0.344 e. The Morgan fingerprint density at radius 1 is 1.11 bits per heavy atom. The Kier molecular flexibility index (Phi) is 7.84. The number of esters is 1. The fourth-order valence-corrected chi connectivity index (χ4v) is 2.23. The van der Waals surface area contributed by atoms with E-state index in [2.05, 4.69) is 10.5 Å². The highest BCUT2D eigenvalue weighted by molar-refractivity contribution is 5.84. The molecule has 0 aliphatic heterocycles. The molecule has 0 spiro atoms. The topological polar surface area (TPSA) is 86.2 Å². The van der Waals surface area contributed by atoms with Crippen molar-refractivity contribution in [2.75, 3.05) is 20.3 Å². The highest BCUT2D eigenvalue weighted by atomic mass is 16.6. The maximum atomic E-state index is 11.9. The SMILES string of the molecule is CCOC(=O)COc1cc(/C=N/NC(=O)Cc2ccccc2)ccc1OC. The Labute approximate surface area is 157 Å². The number of hydrogen-bond acceptors (Lipinski definition) is 6. The van der Waals surface area contributed by atoms with Crippen LogP contribution in [0.3, 0.4) is 0 Å². The van der Waals surface area contributed by atoms with E-state index in [1.807, 2.05) is 30.3 Å². The zero-order valence-electron chi connectivity index (χ0n) is 15.3. The molecule has 0 radical (unpaired) electrons. The Hall–Kier alpha value is -3.35. The number of carbonyl (C=O) groups is 2. The van der Waals surface area contributed by atoms with Crippen molar-refractivity contribution in [2.45, 2.75) is 13.3 Å². The lowest BCUT2D eigenvalue weighted by Gasteiger charge is -2.10. The first-order chi connectivity index (χ1) is 13.1. The number of amides is 1. The normalized spacial score (nSPS) is 10.4. The molecule has 1 amide bonds. The molecule has 2 aromatic carbocycles. The van der Waals surface area contributed by atoms with Gasteiger partial charge in [0.05, 0.1) is 26.4 Å². The van der Waals surface area contributed by atoms with Gasteiger partial charge in [-0.15, -0.1) is 0 Å². The van der Waals surface area contributed by atoms with Crippen molar-refractivity contribution in [2.24, 2.45) is 5.10 Å². The summed E-state index contributed by atoms with van der Waals surface area (Å²) in [7, 11) is 1.50. The van der Waals surface area contributed by atoms with Crippen molar-refractivity contribution in [3.63, 3.8) is 0 Å². The van der Waals surface area contributed by atoms with Crippen LogP contribution < -0.4 is 14.9 Å². The van der Waals surface area contributed by atoms with E-state index in [0.717, 1.165) is 5.56 Å². The van der Waals surface area contributed by atoms with Gasteiger partial charge in [-0.25, -0.2) is 10.2 Å². The summed E-state index contributed by atoms with van der Waals surface area (Å²) in [6, 6.07) is 14.5. The molecule has 2 rings (SSSR count). The number of rotatable bonds is 9. The van der Waals surface area contributed by atoms with Gasteiger partial charge in [0, 0.05) is 0 Å². The summed E-state index contributed by atoms with van der Waals surface area (Å²) in [5.41, 5.74) is 4.06. The first kappa shape index (κ1) is 20.0. The molecule has 0 aromatic heterocycles. The molecule has 0 saturated carbocycles. The summed E-state index contributed by atoms with van der Waals surface area (Å²) in [4.78, 5) is 23.3. The molecule has 0 unspecified atom stereocenters. The van der Waals surface area contributed by atoms with Crippen molar-refractivity contribution in [3.8, 4) is 11.5 Å². The zero-order chi connectivity index (χ0) is 19.5. The van der Waals surface area contributed by atoms with Gasteiger partial charge in [-0.1, -0.05) is 30.3 Å². The molecule has 7 nitrogen and oxygen atoms in total. The van der Waals surface area contributed by atoms with E-state index in [-0.39, 0.29) is 25.5 Å². The average Bonchev–Trinajstić information content (AvgIpc) is 2.67. The van der Waals surface area contributed by atoms with Crippen molar-refractivity contribution < 1.29 is 23.8 Å². The minimum atomic E-state index is -0.466. The molecule has 2 aromatic rings. The minimum Gasteiger partial charge on any atom is -0.493 e. The summed E-state index contributed by atoms with van der Waals surface area (Å²) in [6.07, 6.45) is 1.73. The lowest BCUT2D eigenvalue weighted by atomic mass is 10.1. The van der Waals surface area contributed by atoms with Gasteiger partial charge in [0.1, 0.15) is 0 Å². The van der Waals surface area contributed by atoms with Gasteiger partial charge in [-0.05, 0) is 36.2 Å². The van der Waals surface area contributed by atoms with E-state index in [4.69, 9.17) is 14.2 Å². The fraction of sp³-hybridized carbons (Fsp3) is 0.250. The number of methoxy groups -OCH3 is 1. The first-order valence-electron chi connectivity index (χ1n) is 8.44. The van der Waals surface area contributed by atoms with Gasteiger partial charge in [0.15, 0.2) is 18.1 Å². The number of ether oxygens (including phenoxy) is 3. The molecule has 0 fully saturated rings. The molecule has 1 N–H and O–H groups in total. The van der Waals surface area contributed by atoms with Crippen LogP contribution in [-0.2, 0) is 20.7 Å². The maximum absolute atomic E-state index is 11.9. The van der Waals surface area contributed by atoms with Crippen molar-refractivity contribution in [1.82, 2.24) is 5.43 Å². The highest BCUT2D eigenvalue weighted by Crippen LogP contribution is 2.27. The number of benzene rings is 2. The molecule has 27 heavy (non-hydrogen) atoms. The van der Waals surface area contributed by atoms with Crippen LogP contribution in [0.4, 0.5) is 0 Å². The molecule has 0 atom stereocenters. The van der Waals surface area contributed by atoms with Gasteiger partial charge in [-0.2, -0.15) is 5.10 Å². The van der Waals surface area contributed by atoms with Crippen molar-refractivity contribution >= 4 is 18.1 Å². The molecule has 0 heterocycles. The monoisotopic (exact) mass is 370 g/mol. The van der Waals surface area contributed by atoms with E-state index >= 15 is 0 Å². The fourth-order valence-electron chi connectivity index (χ4n) is 2.23. The molecular weight excluding hydrogens is 348 g/mol. The number of carbonyl (C=O) groups excluding carboxylic acids is 2. The van der Waals surface area contributed by atoms with Crippen molar-refractivity contribution in [1.29, 1.82) is 0 Å². The number of hydrazone groups is 1. The standard InChI is InChI=1S/C20H22N2O5/c1-3-26-20(24)14-27-18-11-16(9-10-17(18)25-2)13-21-22-19(23)12-15-7-5-4-6-8-15/h4-11,13H,3,12,14H2,1-2H3,(H,22,23)/b21-13+. The Morgan fingerprint density at radius 3 is 2.59 bits per heavy atom. The van der Waals surface area contributed by atoms with Gasteiger partial charge in [0.25, 0.3) is 0 Å². The van der Waals surface area contributed by atoms with E-state index < -0.39 is 5.97 Å². The summed E-state index contributed by atoms with van der Waals surface area (Å²) < 4.78 is 15.5. The number of hydrogen-bond donors (Lipinski definition) is 1. The summed E-state index contributed by atoms with van der Waals surface area (Å²) >= 11 is 0. The quantitative estimate of drug-likeness (QED) is 0.416. The van der Waals surface area contributed by atoms with Crippen LogP contribution in [0.15, 0.2) is 53.6 Å². The first-order valence-corrected chi connectivity index (χ1v) is 8.44. The molecule has 0 bridgehead atoms. The van der Waals surface area contributed by atoms with E-state index in [9.17, 15) is 9.59 Å². The van der Waals surface area contributed by atoms with Crippen LogP contribution in [0.1, 0.15) is 18.1 Å². The second kappa shape index (κ2) is 10.6. The maximum Gasteiger partial charge on any atom is 0.344 e. The molecule has 0 aliphatic carbocycles. The summed E-state index contributed by atoms with van der Waals surface area (Å²) in [6.45, 7) is 1.79. The van der Waals surface area contributed by atoms with Crippen LogP contribution in [0, 0.1) is 0 Å². The predicted molar refractivity (Wildman–Crippen MR) is 101 cm³/mol. The second-order valence-electron chi connectivity index (χ2n) is 5.46. The molecule has 0 aliphatic rings. The molecule has 0 saturated heterocycles. The van der Waals surface area contributed by atoms with E-state index in [1.54, 1.807) is 25.1 Å². The summed E-state index contributed by atoms with van der Waals surface area (Å²) in [5.74, 6) is 0.172. The Morgan fingerprint density at radius 2 is 1.89 bits per heavy atom. The third-order valence-electron chi connectivity index (χ3n) is 3.45. The van der Waals surface area contributed by atoms with Crippen LogP contribution in [-0.4, -0.2) is 38.4 Å². The van der Waals surface area contributed by atoms with Crippen LogP contribution >= 0.6 is 0 Å². The highest BCUT2D eigenvalue weighted by Gasteiger charge is 2.09. The third-order valence-corrected chi connectivity index (χ3v) is 3.45. The minimum absolute atomic E-state index is 0.218. The Bertz CT molecular complexity index is 790. The van der Waals surface area contributed by atoms with Crippen LogP contribution in [0.5, 0.6) is 11.5 Å². The van der Waals surface area contributed by atoms with Crippen molar-refractivity contribution in [3.05, 3.63) is 59.7 Å². The largest absolute Gasteiger partial charge is 0.493 e. The number of nitrogens with one attached hydrogen (secondary N) is 1. The van der Waals surface area contributed by atoms with Crippen LogP contribution in [0.25, 0.3) is 0 Å². The third kappa shape index (κ3) is 6.81. The van der Waals surface area contributed by atoms with Gasteiger partial charge >= 0.3 is 5.97 Å². The average molecular weight is 370 g/mol. The summed E-state index contributed by atoms with van der Waals surface area (Å²) in [5, 5.41) is 3.95. The lowest BCUT2D eigenvalue weighted by Crippen LogP contribution is -2.19. The number of nitrogens with zero attached hydrogens (tertiary/aromatic N) is 1. The molecular formula is C20H22N2O5. The second-order valence-corrected chi connectivity index (χ2v) is 5.46.